The molecule has 1 rings (SSSR count). The number of carbonyl (C=O) groups is 4. The number of aliphatic carboxylic acids is 1. The number of carboxylic acids is 1. The van der Waals surface area contributed by atoms with Crippen molar-refractivity contribution in [3.05, 3.63) is 0 Å². The summed E-state index contributed by atoms with van der Waals surface area (Å²) in [5, 5.41) is 29.7. The third kappa shape index (κ3) is 9.51. The van der Waals surface area contributed by atoms with Crippen LogP contribution in [-0.2, 0) is 19.2 Å². The molecule has 0 spiro atoms. The van der Waals surface area contributed by atoms with E-state index >= 15 is 0 Å². The van der Waals surface area contributed by atoms with Gasteiger partial charge in [0.15, 0.2) is 12.0 Å². The van der Waals surface area contributed by atoms with Gasteiger partial charge >= 0.3 is 5.97 Å². The van der Waals surface area contributed by atoms with Crippen molar-refractivity contribution in [2.75, 3.05) is 13.1 Å². The molecule has 0 saturated carbocycles. The third-order valence-electron chi connectivity index (χ3n) is 5.79. The van der Waals surface area contributed by atoms with Crippen LogP contribution in [0, 0.1) is 5.92 Å². The van der Waals surface area contributed by atoms with Gasteiger partial charge < -0.3 is 42.9 Å². The number of aliphatic hydroxyl groups excluding tert-OH is 1. The summed E-state index contributed by atoms with van der Waals surface area (Å²) in [7, 11) is 0. The molecule has 13 nitrogen and oxygen atoms in total. The van der Waals surface area contributed by atoms with Crippen LogP contribution in [0.15, 0.2) is 4.99 Å². The Morgan fingerprint density at radius 3 is 2.26 bits per heavy atom. The number of carbonyl (C=O) groups excluding carboxylic acids is 3. The lowest BCUT2D eigenvalue weighted by molar-refractivity contribution is -0.145. The average molecular weight is 486 g/mol. The fraction of sp³-hybridized carbons (Fsp3) is 0.762. The number of aliphatic imine (C=N–C) groups is 1. The van der Waals surface area contributed by atoms with Crippen molar-refractivity contribution in [3.63, 3.8) is 0 Å². The number of hydrogen-bond acceptors (Lipinski definition) is 7. The normalized spacial score (nSPS) is 19.7. The monoisotopic (exact) mass is 485 g/mol. The molecule has 1 fully saturated rings. The number of hydrogen-bond donors (Lipinski definition) is 8. The predicted octanol–water partition coefficient (Wildman–Crippen LogP) is -2.24. The van der Waals surface area contributed by atoms with Crippen molar-refractivity contribution in [2.24, 2.45) is 22.4 Å². The van der Waals surface area contributed by atoms with Crippen LogP contribution in [0.1, 0.15) is 52.9 Å². The van der Waals surface area contributed by atoms with Crippen LogP contribution in [0.2, 0.25) is 0 Å². The molecule has 0 aliphatic carbocycles. The van der Waals surface area contributed by atoms with E-state index in [2.05, 4.69) is 26.3 Å². The topological polar surface area (TPSA) is 221 Å². The highest BCUT2D eigenvalue weighted by molar-refractivity contribution is 5.94. The van der Waals surface area contributed by atoms with Gasteiger partial charge in [0, 0.05) is 6.54 Å². The number of aliphatic hydroxyl groups is 1. The summed E-state index contributed by atoms with van der Waals surface area (Å²) >= 11 is 0. The zero-order valence-electron chi connectivity index (χ0n) is 20.0. The molecule has 10 N–H and O–H groups in total. The quantitative estimate of drug-likeness (QED) is 0.0755. The summed E-state index contributed by atoms with van der Waals surface area (Å²) in [5.74, 6) is -3.38. The largest absolute Gasteiger partial charge is 0.480 e. The van der Waals surface area contributed by atoms with Gasteiger partial charge in [-0.15, -0.1) is 0 Å². The van der Waals surface area contributed by atoms with E-state index in [0.717, 1.165) is 13.0 Å². The smallest absolute Gasteiger partial charge is 0.328 e. The zero-order chi connectivity index (χ0) is 25.8. The molecular weight excluding hydrogens is 446 g/mol. The van der Waals surface area contributed by atoms with E-state index < -0.39 is 42.0 Å². The van der Waals surface area contributed by atoms with E-state index in [-0.39, 0.29) is 36.8 Å². The average Bonchev–Trinajstić information content (AvgIpc) is 3.31. The van der Waals surface area contributed by atoms with Gasteiger partial charge in [-0.3, -0.25) is 19.4 Å². The van der Waals surface area contributed by atoms with Crippen molar-refractivity contribution < 1.29 is 29.4 Å². The molecule has 0 radical (unpaired) electrons. The molecule has 194 valence electrons. The van der Waals surface area contributed by atoms with Crippen LogP contribution >= 0.6 is 0 Å². The first-order valence-corrected chi connectivity index (χ1v) is 11.6. The Bertz CT molecular complexity index is 735. The second-order valence-corrected chi connectivity index (χ2v) is 8.60. The van der Waals surface area contributed by atoms with Crippen LogP contribution < -0.4 is 32.7 Å². The van der Waals surface area contributed by atoms with Crippen molar-refractivity contribution in [1.29, 1.82) is 0 Å². The SMILES string of the molecule is CCC(C)C(NC(=O)C1CCCN1)C(=O)NC(CCCN=C(N)N)C(=O)NC(C(=O)O)C(C)O. The number of nitrogens with zero attached hydrogens (tertiary/aromatic N) is 1. The minimum atomic E-state index is -1.55. The van der Waals surface area contributed by atoms with E-state index in [1.54, 1.807) is 0 Å². The predicted molar refractivity (Wildman–Crippen MR) is 125 cm³/mol. The molecule has 0 aromatic heterocycles. The number of amides is 3. The summed E-state index contributed by atoms with van der Waals surface area (Å²) in [4.78, 5) is 53.8. The van der Waals surface area contributed by atoms with Gasteiger partial charge in [0.1, 0.15) is 12.1 Å². The first-order valence-electron chi connectivity index (χ1n) is 11.6. The van der Waals surface area contributed by atoms with Crippen LogP contribution in [-0.4, -0.2) is 83.2 Å². The molecule has 1 aliphatic heterocycles. The zero-order valence-corrected chi connectivity index (χ0v) is 20.0. The molecule has 34 heavy (non-hydrogen) atoms. The number of carboxylic acid groups (broad SMARTS) is 1. The fourth-order valence-electron chi connectivity index (χ4n) is 3.54. The van der Waals surface area contributed by atoms with Gasteiger partial charge in [-0.2, -0.15) is 0 Å². The molecule has 1 heterocycles. The Balaban J connectivity index is 2.99. The maximum absolute atomic E-state index is 13.1. The Hall–Kier alpha value is -2.93. The molecule has 0 bridgehead atoms. The van der Waals surface area contributed by atoms with E-state index in [4.69, 9.17) is 11.5 Å². The maximum atomic E-state index is 13.1. The van der Waals surface area contributed by atoms with Gasteiger partial charge in [0.2, 0.25) is 17.7 Å². The van der Waals surface area contributed by atoms with Crippen LogP contribution in [0.4, 0.5) is 0 Å². The lowest BCUT2D eigenvalue weighted by atomic mass is 9.97. The second-order valence-electron chi connectivity index (χ2n) is 8.60. The van der Waals surface area contributed by atoms with Crippen molar-refractivity contribution in [2.45, 2.75) is 83.1 Å². The number of nitrogens with two attached hydrogens (primary N) is 2. The lowest BCUT2D eigenvalue weighted by Gasteiger charge is -2.28. The van der Waals surface area contributed by atoms with Gasteiger partial charge in [-0.25, -0.2) is 4.79 Å². The highest BCUT2D eigenvalue weighted by Crippen LogP contribution is 2.12. The molecule has 1 aliphatic rings. The van der Waals surface area contributed by atoms with E-state index in [0.29, 0.717) is 19.3 Å². The minimum Gasteiger partial charge on any atom is -0.480 e. The molecule has 0 aromatic rings. The third-order valence-corrected chi connectivity index (χ3v) is 5.79. The Kier molecular flexibility index (Phi) is 12.3. The van der Waals surface area contributed by atoms with Crippen LogP contribution in [0.5, 0.6) is 0 Å². The molecule has 3 amide bonds. The molecule has 6 atom stereocenters. The van der Waals surface area contributed by atoms with Gasteiger partial charge in [-0.05, 0) is 45.1 Å². The van der Waals surface area contributed by atoms with E-state index in [9.17, 15) is 29.4 Å². The summed E-state index contributed by atoms with van der Waals surface area (Å²) in [5.41, 5.74) is 10.6. The summed E-state index contributed by atoms with van der Waals surface area (Å²) in [6.45, 7) is 5.85. The first-order chi connectivity index (χ1) is 16.0. The van der Waals surface area contributed by atoms with Gasteiger partial charge in [-0.1, -0.05) is 20.3 Å². The van der Waals surface area contributed by atoms with Crippen molar-refractivity contribution in [1.82, 2.24) is 21.3 Å². The molecule has 1 saturated heterocycles. The Labute approximate surface area is 199 Å². The maximum Gasteiger partial charge on any atom is 0.328 e. The minimum absolute atomic E-state index is 0.103. The standard InChI is InChI=1S/C21H39N7O6/c1-4-11(2)15(27-17(30)13-7-5-9-24-13)19(32)26-14(8-6-10-25-21(22)23)18(31)28-16(12(3)29)20(33)34/h11-16,24,29H,4-10H2,1-3H3,(H,26,32)(H,27,30)(H,28,31)(H,33,34)(H4,22,23,25). The fourth-order valence-corrected chi connectivity index (χ4v) is 3.54. The first kappa shape index (κ1) is 29.1. The highest BCUT2D eigenvalue weighted by Gasteiger charge is 2.34. The van der Waals surface area contributed by atoms with Crippen LogP contribution in [0.3, 0.4) is 0 Å². The summed E-state index contributed by atoms with van der Waals surface area (Å²) in [6.07, 6.45) is 1.20. The van der Waals surface area contributed by atoms with Gasteiger partial charge in [0.05, 0.1) is 12.1 Å². The number of rotatable bonds is 14. The Morgan fingerprint density at radius 2 is 1.76 bits per heavy atom. The summed E-state index contributed by atoms with van der Waals surface area (Å²) in [6, 6.07) is -3.95. The number of guanidine groups is 1. The lowest BCUT2D eigenvalue weighted by Crippen LogP contribution is -2.59. The molecule has 6 unspecified atom stereocenters. The van der Waals surface area contributed by atoms with Gasteiger partial charge in [0.25, 0.3) is 0 Å². The van der Waals surface area contributed by atoms with Crippen molar-refractivity contribution in [3.8, 4) is 0 Å². The van der Waals surface area contributed by atoms with Crippen molar-refractivity contribution >= 4 is 29.7 Å². The highest BCUT2D eigenvalue weighted by atomic mass is 16.4. The summed E-state index contributed by atoms with van der Waals surface area (Å²) < 4.78 is 0. The number of nitrogens with one attached hydrogen (secondary N) is 4. The van der Waals surface area contributed by atoms with E-state index in [1.807, 2.05) is 13.8 Å². The molecule has 0 aromatic carbocycles. The molecule has 13 heteroatoms. The van der Waals surface area contributed by atoms with E-state index in [1.165, 1.54) is 6.92 Å². The Morgan fingerprint density at radius 1 is 1.09 bits per heavy atom. The molecular formula is C21H39N7O6. The second kappa shape index (κ2) is 14.4. The van der Waals surface area contributed by atoms with Crippen LogP contribution in [0.25, 0.3) is 0 Å².